The van der Waals surface area contributed by atoms with Crippen LogP contribution in [0.15, 0.2) is 77.7 Å². The zero-order chi connectivity index (χ0) is 25.2. The maximum atomic E-state index is 13.4. The van der Waals surface area contributed by atoms with E-state index in [4.69, 9.17) is 9.47 Å². The van der Waals surface area contributed by atoms with Gasteiger partial charge in [-0.25, -0.2) is 8.42 Å². The molecule has 0 aliphatic rings. The highest BCUT2D eigenvalue weighted by Crippen LogP contribution is 2.37. The number of hydrogen-bond donors (Lipinski definition) is 1. The second kappa shape index (κ2) is 9.80. The predicted octanol–water partition coefficient (Wildman–Crippen LogP) is 6.07. The number of para-hydroxylation sites is 1. The third-order valence-corrected chi connectivity index (χ3v) is 7.43. The minimum atomic E-state index is -3.82. The van der Waals surface area contributed by atoms with Crippen LogP contribution in [-0.2, 0) is 26.0 Å². The van der Waals surface area contributed by atoms with Gasteiger partial charge in [0.2, 0.25) is 0 Å². The molecule has 0 saturated heterocycles. The first kappa shape index (κ1) is 24.3. The molecule has 180 valence electrons. The fourth-order valence-corrected chi connectivity index (χ4v) is 5.87. The molecule has 0 fully saturated rings. The second-order valence-electron chi connectivity index (χ2n) is 8.45. The Morgan fingerprint density at radius 3 is 2.14 bits per heavy atom. The van der Waals surface area contributed by atoms with Gasteiger partial charge < -0.3 is 9.47 Å². The van der Waals surface area contributed by atoms with Crippen LogP contribution < -0.4 is 9.46 Å². The van der Waals surface area contributed by atoms with Crippen molar-refractivity contribution >= 4 is 32.5 Å². The van der Waals surface area contributed by atoms with E-state index in [2.05, 4.69) is 4.72 Å². The summed E-state index contributed by atoms with van der Waals surface area (Å²) in [7, 11) is -2.47. The molecule has 7 heteroatoms. The van der Waals surface area contributed by atoms with Crippen molar-refractivity contribution in [2.45, 2.75) is 32.1 Å². The summed E-state index contributed by atoms with van der Waals surface area (Å²) in [6.07, 6.45) is 0.0811. The predicted molar refractivity (Wildman–Crippen MR) is 138 cm³/mol. The van der Waals surface area contributed by atoms with Crippen LogP contribution in [0.25, 0.3) is 10.8 Å². The Balaban J connectivity index is 1.73. The molecule has 0 unspecified atom stereocenters. The summed E-state index contributed by atoms with van der Waals surface area (Å²) in [5, 5.41) is 1.43. The number of rotatable bonds is 7. The zero-order valence-electron chi connectivity index (χ0n) is 20.1. The highest BCUT2D eigenvalue weighted by Gasteiger charge is 2.21. The molecule has 0 aromatic heterocycles. The SMILES string of the molecule is COC(=O)Cc1ccccc1Oc1ccc(NS(=O)(=O)c2c(C)cc(C)cc2C)c2ccccc12. The van der Waals surface area contributed by atoms with Crippen LogP contribution in [-0.4, -0.2) is 21.5 Å². The molecule has 4 rings (SSSR count). The first-order chi connectivity index (χ1) is 16.7. The van der Waals surface area contributed by atoms with Crippen LogP contribution in [0.3, 0.4) is 0 Å². The van der Waals surface area contributed by atoms with Crippen molar-refractivity contribution < 1.29 is 22.7 Å². The Morgan fingerprint density at radius 2 is 1.46 bits per heavy atom. The molecule has 4 aromatic carbocycles. The van der Waals surface area contributed by atoms with Crippen LogP contribution in [0.5, 0.6) is 11.5 Å². The number of benzene rings is 4. The molecule has 0 bridgehead atoms. The summed E-state index contributed by atoms with van der Waals surface area (Å²) >= 11 is 0. The smallest absolute Gasteiger partial charge is 0.310 e. The quantitative estimate of drug-likeness (QED) is 0.319. The number of carbonyl (C=O) groups excluding carboxylic acids is 1. The number of esters is 1. The largest absolute Gasteiger partial charge is 0.469 e. The van der Waals surface area contributed by atoms with Gasteiger partial charge >= 0.3 is 5.97 Å². The lowest BCUT2D eigenvalue weighted by molar-refractivity contribution is -0.139. The lowest BCUT2D eigenvalue weighted by Gasteiger charge is -2.17. The topological polar surface area (TPSA) is 81.7 Å². The first-order valence-corrected chi connectivity index (χ1v) is 12.6. The summed E-state index contributed by atoms with van der Waals surface area (Å²) in [5.41, 5.74) is 3.55. The summed E-state index contributed by atoms with van der Waals surface area (Å²) < 4.78 is 40.5. The number of methoxy groups -OCH3 is 1. The van der Waals surface area contributed by atoms with Crippen molar-refractivity contribution in [2.75, 3.05) is 11.8 Å². The summed E-state index contributed by atoms with van der Waals surface area (Å²) in [6, 6.07) is 21.8. The van der Waals surface area contributed by atoms with Gasteiger partial charge in [0.1, 0.15) is 11.5 Å². The van der Waals surface area contributed by atoms with Gasteiger partial charge in [-0.1, -0.05) is 60.2 Å². The van der Waals surface area contributed by atoms with Crippen molar-refractivity contribution in [3.8, 4) is 11.5 Å². The molecule has 1 N–H and O–H groups in total. The monoisotopic (exact) mass is 489 g/mol. The average Bonchev–Trinajstić information content (AvgIpc) is 2.80. The standard InChI is InChI=1S/C28H27NO5S/c1-18-15-19(2)28(20(3)16-18)35(31,32)29-24-13-14-26(23-11-7-6-10-22(23)24)34-25-12-8-5-9-21(25)17-27(30)33-4/h5-16,29H,17H2,1-4H3. The van der Waals surface area contributed by atoms with E-state index < -0.39 is 10.0 Å². The summed E-state index contributed by atoms with van der Waals surface area (Å²) in [4.78, 5) is 12.1. The fraction of sp³-hybridized carbons (Fsp3) is 0.179. The highest BCUT2D eigenvalue weighted by molar-refractivity contribution is 7.92. The van der Waals surface area contributed by atoms with E-state index in [0.29, 0.717) is 39.3 Å². The van der Waals surface area contributed by atoms with E-state index >= 15 is 0 Å². The van der Waals surface area contributed by atoms with Gasteiger partial charge in [-0.3, -0.25) is 9.52 Å². The molecular formula is C28H27NO5S. The Bertz CT molecular complexity index is 1500. The van der Waals surface area contributed by atoms with E-state index in [9.17, 15) is 13.2 Å². The first-order valence-electron chi connectivity index (χ1n) is 11.1. The van der Waals surface area contributed by atoms with Gasteiger partial charge in [0.05, 0.1) is 24.1 Å². The zero-order valence-corrected chi connectivity index (χ0v) is 20.9. The van der Waals surface area contributed by atoms with E-state index in [0.717, 1.165) is 10.9 Å². The molecule has 0 aliphatic heterocycles. The van der Waals surface area contributed by atoms with Crippen LogP contribution in [0.2, 0.25) is 0 Å². The molecule has 0 saturated carbocycles. The van der Waals surface area contributed by atoms with Gasteiger partial charge in [-0.2, -0.15) is 0 Å². The Labute approximate surface area is 205 Å². The maximum Gasteiger partial charge on any atom is 0.310 e. The number of nitrogens with one attached hydrogen (secondary N) is 1. The molecule has 35 heavy (non-hydrogen) atoms. The highest BCUT2D eigenvalue weighted by atomic mass is 32.2. The number of aryl methyl sites for hydroxylation is 3. The number of sulfonamides is 1. The minimum Gasteiger partial charge on any atom is -0.469 e. The van der Waals surface area contributed by atoms with Crippen molar-refractivity contribution in [3.63, 3.8) is 0 Å². The normalized spacial score (nSPS) is 11.3. The average molecular weight is 490 g/mol. The number of anilines is 1. The van der Waals surface area contributed by atoms with Gasteiger partial charge in [0.15, 0.2) is 0 Å². The van der Waals surface area contributed by atoms with E-state index in [1.54, 1.807) is 32.0 Å². The Kier molecular flexibility index (Phi) is 6.80. The Morgan fingerprint density at radius 1 is 0.829 bits per heavy atom. The van der Waals surface area contributed by atoms with E-state index in [-0.39, 0.29) is 17.3 Å². The molecule has 6 nitrogen and oxygen atoms in total. The summed E-state index contributed by atoms with van der Waals surface area (Å²) in [6.45, 7) is 5.55. The molecule has 0 atom stereocenters. The van der Waals surface area contributed by atoms with Gasteiger partial charge in [-0.05, 0) is 50.1 Å². The van der Waals surface area contributed by atoms with Crippen LogP contribution >= 0.6 is 0 Å². The molecule has 0 spiro atoms. The molecule has 0 heterocycles. The maximum absolute atomic E-state index is 13.4. The number of hydrogen-bond acceptors (Lipinski definition) is 5. The lowest BCUT2D eigenvalue weighted by Crippen LogP contribution is -2.16. The third kappa shape index (κ3) is 5.15. The third-order valence-electron chi connectivity index (χ3n) is 5.76. The lowest BCUT2D eigenvalue weighted by atomic mass is 10.1. The van der Waals surface area contributed by atoms with Crippen LogP contribution in [0.4, 0.5) is 5.69 Å². The van der Waals surface area contributed by atoms with E-state index in [1.165, 1.54) is 7.11 Å². The fourth-order valence-electron chi connectivity index (χ4n) is 4.33. The van der Waals surface area contributed by atoms with Crippen molar-refractivity contribution in [1.82, 2.24) is 0 Å². The second-order valence-corrected chi connectivity index (χ2v) is 10.1. The van der Waals surface area contributed by atoms with Crippen molar-refractivity contribution in [2.24, 2.45) is 0 Å². The van der Waals surface area contributed by atoms with Crippen LogP contribution in [0, 0.1) is 20.8 Å². The molecule has 0 radical (unpaired) electrons. The number of ether oxygens (including phenoxy) is 2. The van der Waals surface area contributed by atoms with Gasteiger partial charge in [0.25, 0.3) is 10.0 Å². The van der Waals surface area contributed by atoms with Gasteiger partial charge in [0, 0.05) is 16.3 Å². The van der Waals surface area contributed by atoms with E-state index in [1.807, 2.05) is 61.5 Å². The van der Waals surface area contributed by atoms with Crippen molar-refractivity contribution in [1.29, 1.82) is 0 Å². The number of carbonyl (C=O) groups is 1. The summed E-state index contributed by atoms with van der Waals surface area (Å²) in [5.74, 6) is 0.711. The Hall–Kier alpha value is -3.84. The minimum absolute atomic E-state index is 0.0811. The number of fused-ring (bicyclic) bond motifs is 1. The molecular weight excluding hydrogens is 462 g/mol. The van der Waals surface area contributed by atoms with Gasteiger partial charge in [-0.15, -0.1) is 0 Å². The molecule has 0 amide bonds. The van der Waals surface area contributed by atoms with Crippen LogP contribution in [0.1, 0.15) is 22.3 Å². The molecule has 4 aromatic rings. The molecule has 0 aliphatic carbocycles. The van der Waals surface area contributed by atoms with Crippen molar-refractivity contribution in [3.05, 3.63) is 95.1 Å².